The number of carbonyl (C=O) groups is 1. The standard InChI is InChI=1S/C25H28N5OS2/c1-18-27-23(24(33-18)22-6-2-3-9-26-22)19-7-10-29(11-8-19)30-13-4-5-21(30)15-20(16-30)25(31)28-12-14-32-17-28/h2-6,9,13,15,19H,7-8,10-12,14,16-17H2,1H3/q+1/t30-/m1/s1. The van der Waals surface area contributed by atoms with E-state index < -0.39 is 0 Å². The molecule has 0 aliphatic carbocycles. The molecule has 2 saturated heterocycles. The van der Waals surface area contributed by atoms with Crippen molar-refractivity contribution in [2.24, 2.45) is 0 Å². The number of aryl methyl sites for hydroxylation is 1. The zero-order chi connectivity index (χ0) is 22.4. The zero-order valence-electron chi connectivity index (χ0n) is 18.8. The normalized spacial score (nSPS) is 25.4. The van der Waals surface area contributed by atoms with Gasteiger partial charge in [0.15, 0.2) is 5.70 Å². The fourth-order valence-corrected chi connectivity index (χ4v) is 7.37. The third kappa shape index (κ3) is 3.69. The van der Waals surface area contributed by atoms with Crippen LogP contribution in [0.2, 0.25) is 0 Å². The van der Waals surface area contributed by atoms with Crippen molar-refractivity contribution in [3.05, 3.63) is 70.8 Å². The maximum Gasteiger partial charge on any atom is 0.256 e. The average Bonchev–Trinajstić information content (AvgIpc) is 3.62. The smallest absolute Gasteiger partial charge is 0.256 e. The third-order valence-corrected chi connectivity index (χ3v) is 9.09. The third-order valence-electron chi connectivity index (χ3n) is 7.12. The van der Waals surface area contributed by atoms with Crippen LogP contribution in [0.5, 0.6) is 0 Å². The van der Waals surface area contributed by atoms with E-state index in [1.165, 1.54) is 16.3 Å². The highest BCUT2D eigenvalue weighted by Crippen LogP contribution is 2.42. The highest BCUT2D eigenvalue weighted by Gasteiger charge is 2.48. The predicted octanol–water partition coefficient (Wildman–Crippen LogP) is 4.31. The van der Waals surface area contributed by atoms with Crippen LogP contribution in [-0.4, -0.2) is 68.2 Å². The fourth-order valence-electron chi connectivity index (χ4n) is 5.45. The minimum atomic E-state index is 0.217. The summed E-state index contributed by atoms with van der Waals surface area (Å²) in [6.07, 6.45) is 12.7. The van der Waals surface area contributed by atoms with Gasteiger partial charge in [-0.3, -0.25) is 9.78 Å². The van der Waals surface area contributed by atoms with Crippen molar-refractivity contribution in [3.8, 4) is 10.6 Å². The minimum Gasteiger partial charge on any atom is -0.329 e. The Bertz CT molecular complexity index is 1160. The van der Waals surface area contributed by atoms with Gasteiger partial charge in [0.25, 0.3) is 5.91 Å². The monoisotopic (exact) mass is 478 g/mol. The Balaban J connectivity index is 1.18. The molecule has 0 aromatic carbocycles. The van der Waals surface area contributed by atoms with E-state index in [9.17, 15) is 4.79 Å². The van der Waals surface area contributed by atoms with Crippen molar-refractivity contribution < 1.29 is 9.39 Å². The summed E-state index contributed by atoms with van der Waals surface area (Å²) in [6, 6.07) is 6.10. The van der Waals surface area contributed by atoms with Gasteiger partial charge in [-0.25, -0.2) is 4.98 Å². The summed E-state index contributed by atoms with van der Waals surface area (Å²) in [5, 5.41) is 3.65. The summed E-state index contributed by atoms with van der Waals surface area (Å²) in [7, 11) is 0. The summed E-state index contributed by atoms with van der Waals surface area (Å²) >= 11 is 3.59. The van der Waals surface area contributed by atoms with E-state index in [4.69, 9.17) is 4.98 Å². The van der Waals surface area contributed by atoms with E-state index in [-0.39, 0.29) is 5.91 Å². The Morgan fingerprint density at radius 2 is 2.09 bits per heavy atom. The maximum atomic E-state index is 13.1. The van der Waals surface area contributed by atoms with Crippen molar-refractivity contribution >= 4 is 29.0 Å². The van der Waals surface area contributed by atoms with Gasteiger partial charge in [0.05, 0.1) is 32.7 Å². The van der Waals surface area contributed by atoms with Gasteiger partial charge in [0, 0.05) is 49.7 Å². The van der Waals surface area contributed by atoms with E-state index in [0.717, 1.165) is 66.9 Å². The van der Waals surface area contributed by atoms with Crippen LogP contribution in [0.25, 0.3) is 10.6 Å². The summed E-state index contributed by atoms with van der Waals surface area (Å²) in [5.41, 5.74) is 4.41. The molecule has 0 radical (unpaired) electrons. The second-order valence-corrected chi connectivity index (χ2v) is 11.4. The van der Waals surface area contributed by atoms with E-state index >= 15 is 0 Å². The molecule has 4 aliphatic rings. The fraction of sp³-hybridized carbons (Fsp3) is 0.400. The Morgan fingerprint density at radius 3 is 2.85 bits per heavy atom. The molecule has 6 rings (SSSR count). The van der Waals surface area contributed by atoms with Gasteiger partial charge in [-0.2, -0.15) is 4.59 Å². The van der Waals surface area contributed by atoms with Crippen LogP contribution in [0.1, 0.15) is 29.5 Å². The summed E-state index contributed by atoms with van der Waals surface area (Å²) in [5.74, 6) is 2.53. The van der Waals surface area contributed by atoms with Crippen molar-refractivity contribution in [2.75, 3.05) is 37.8 Å². The maximum absolute atomic E-state index is 13.1. The van der Waals surface area contributed by atoms with Crippen LogP contribution in [0.3, 0.4) is 0 Å². The van der Waals surface area contributed by atoms with Gasteiger partial charge in [-0.05, 0) is 38.0 Å². The summed E-state index contributed by atoms with van der Waals surface area (Å²) in [4.78, 5) is 25.8. The van der Waals surface area contributed by atoms with Crippen molar-refractivity contribution in [2.45, 2.75) is 25.7 Å². The molecular weight excluding hydrogens is 450 g/mol. The van der Waals surface area contributed by atoms with Gasteiger partial charge < -0.3 is 4.90 Å². The lowest BCUT2D eigenvalue weighted by Crippen LogP contribution is -2.56. The number of rotatable bonds is 4. The number of thiazole rings is 1. The molecule has 170 valence electrons. The molecule has 0 spiro atoms. The topological polar surface area (TPSA) is 49.3 Å². The number of fused-ring (bicyclic) bond motifs is 1. The summed E-state index contributed by atoms with van der Waals surface area (Å²) in [6.45, 7) is 5.67. The SMILES string of the molecule is Cc1nc(C2CCN([N@@+]34C=CC=C3C=C(C(=O)N3CCSC3)C4)CC2)c(-c2ccccn2)s1. The number of piperidine rings is 1. The molecular formula is C25H28N5OS2+. The number of nitrogens with zero attached hydrogens (tertiary/aromatic N) is 5. The van der Waals surface area contributed by atoms with Crippen molar-refractivity contribution in [1.82, 2.24) is 19.9 Å². The molecule has 6 heterocycles. The number of amides is 1. The van der Waals surface area contributed by atoms with Crippen LogP contribution in [0, 0.1) is 6.92 Å². The van der Waals surface area contributed by atoms with E-state index in [1.807, 2.05) is 35.0 Å². The second kappa shape index (κ2) is 8.51. The highest BCUT2D eigenvalue weighted by atomic mass is 32.2. The number of hydrogen-bond acceptors (Lipinski definition) is 6. The number of allylic oxidation sites excluding steroid dienone is 3. The van der Waals surface area contributed by atoms with Gasteiger partial charge in [-0.1, -0.05) is 6.07 Å². The van der Waals surface area contributed by atoms with Gasteiger partial charge in [0.2, 0.25) is 0 Å². The Morgan fingerprint density at radius 1 is 1.21 bits per heavy atom. The van der Waals surface area contributed by atoms with Crippen LogP contribution in [0.15, 0.2) is 60.1 Å². The molecule has 1 atom stereocenters. The molecule has 1 amide bonds. The largest absolute Gasteiger partial charge is 0.329 e. The average molecular weight is 479 g/mol. The predicted molar refractivity (Wildman–Crippen MR) is 133 cm³/mol. The molecule has 2 aromatic rings. The van der Waals surface area contributed by atoms with Crippen molar-refractivity contribution in [1.29, 1.82) is 0 Å². The molecule has 0 bridgehead atoms. The molecule has 8 heteroatoms. The van der Waals surface area contributed by atoms with Gasteiger partial charge >= 0.3 is 0 Å². The first kappa shape index (κ1) is 21.3. The number of quaternary nitrogens is 1. The Labute approximate surface area is 202 Å². The lowest BCUT2D eigenvalue weighted by atomic mass is 9.92. The zero-order valence-corrected chi connectivity index (χ0v) is 20.4. The van der Waals surface area contributed by atoms with Crippen molar-refractivity contribution in [3.63, 3.8) is 0 Å². The first-order chi connectivity index (χ1) is 16.1. The molecule has 6 nitrogen and oxygen atoms in total. The van der Waals surface area contributed by atoms with Crippen LogP contribution < -0.4 is 0 Å². The molecule has 0 N–H and O–H groups in total. The van der Waals surface area contributed by atoms with Crippen LogP contribution >= 0.6 is 23.1 Å². The molecule has 0 saturated carbocycles. The lowest BCUT2D eigenvalue weighted by Gasteiger charge is -2.42. The number of thioether (sulfide) groups is 1. The molecule has 33 heavy (non-hydrogen) atoms. The molecule has 4 aliphatic heterocycles. The van der Waals surface area contributed by atoms with E-state index in [1.54, 1.807) is 11.3 Å². The second-order valence-electron chi connectivity index (χ2n) is 9.08. The summed E-state index contributed by atoms with van der Waals surface area (Å²) < 4.78 is 0.679. The highest BCUT2D eigenvalue weighted by molar-refractivity contribution is 7.99. The number of aromatic nitrogens is 2. The van der Waals surface area contributed by atoms with Gasteiger partial charge in [0.1, 0.15) is 12.7 Å². The molecule has 2 aromatic heterocycles. The first-order valence-corrected chi connectivity index (χ1v) is 13.6. The number of pyridine rings is 1. The number of hydrogen-bond donors (Lipinski definition) is 0. The lowest BCUT2D eigenvalue weighted by molar-refractivity contribution is -0.949. The number of carbonyl (C=O) groups excluding carboxylic acids is 1. The molecule has 2 fully saturated rings. The van der Waals surface area contributed by atoms with E-state index in [0.29, 0.717) is 10.5 Å². The molecule has 0 unspecified atom stereocenters. The quantitative estimate of drug-likeness (QED) is 0.613. The van der Waals surface area contributed by atoms with Crippen LogP contribution in [-0.2, 0) is 4.79 Å². The minimum absolute atomic E-state index is 0.217. The van der Waals surface area contributed by atoms with E-state index in [2.05, 4.69) is 47.4 Å². The Kier molecular flexibility index (Phi) is 5.49. The Hall–Kier alpha value is -2.26. The van der Waals surface area contributed by atoms with Crippen LogP contribution in [0.4, 0.5) is 0 Å². The first-order valence-electron chi connectivity index (χ1n) is 11.6. The van der Waals surface area contributed by atoms with Gasteiger partial charge in [-0.15, -0.1) is 28.1 Å².